The number of benzene rings is 3. The second kappa shape index (κ2) is 33.8. The fourth-order valence-electron chi connectivity index (χ4n) is 13.2. The largest absolute Gasteiger partial charge is 0.435 e. The molecule has 0 spiro atoms. The van der Waals surface area contributed by atoms with Crippen molar-refractivity contribution in [1.82, 2.24) is 70.9 Å². The van der Waals surface area contributed by atoms with Gasteiger partial charge in [-0.1, -0.05) is 66.2 Å². The number of hydrogen-bond donors (Lipinski definition) is 8. The molecule has 0 unspecified atom stereocenters. The fraction of sp³-hybridized carbons (Fsp3) is 0.384. The summed E-state index contributed by atoms with van der Waals surface area (Å²) in [6.07, 6.45) is 1.75. The summed E-state index contributed by atoms with van der Waals surface area (Å²) in [7, 11) is 4.59. The molecule has 12 rings (SSSR count). The van der Waals surface area contributed by atoms with Crippen LogP contribution >= 0.6 is 11.6 Å². The van der Waals surface area contributed by atoms with Crippen molar-refractivity contribution in [1.29, 1.82) is 0 Å². The summed E-state index contributed by atoms with van der Waals surface area (Å²) in [6, 6.07) is 35.5. The van der Waals surface area contributed by atoms with E-state index < -0.39 is 53.9 Å². The second-order valence-corrected chi connectivity index (χ2v) is 26.8. The van der Waals surface area contributed by atoms with Gasteiger partial charge in [-0.05, 0) is 171 Å². The van der Waals surface area contributed by atoms with Gasteiger partial charge in [0.25, 0.3) is 17.7 Å². The van der Waals surface area contributed by atoms with Crippen molar-refractivity contribution in [3.8, 4) is 0 Å². The monoisotopic (exact) mass is 1450 g/mol. The highest BCUT2D eigenvalue weighted by Crippen LogP contribution is 2.41. The number of aliphatic hydroxyl groups is 3. The lowest BCUT2D eigenvalue weighted by molar-refractivity contribution is -0.142. The van der Waals surface area contributed by atoms with Crippen molar-refractivity contribution in [2.45, 2.75) is 145 Å². The molecule has 2 saturated heterocycles. The van der Waals surface area contributed by atoms with Gasteiger partial charge in [0.1, 0.15) is 5.15 Å². The third-order valence-electron chi connectivity index (χ3n) is 18.6. The minimum atomic E-state index is -4.54. The Bertz CT molecular complexity index is 4030. The van der Waals surface area contributed by atoms with Gasteiger partial charge in [0.15, 0.2) is 17.1 Å². The highest BCUT2D eigenvalue weighted by molar-refractivity contribution is 6.29. The number of aromatic amines is 3. The van der Waals surface area contributed by atoms with Crippen LogP contribution in [0.5, 0.6) is 0 Å². The van der Waals surface area contributed by atoms with Gasteiger partial charge in [-0.2, -0.15) is 54.8 Å². The van der Waals surface area contributed by atoms with Crippen LogP contribution in [0.3, 0.4) is 0 Å². The van der Waals surface area contributed by atoms with E-state index in [2.05, 4.69) is 56.2 Å². The molecule has 103 heavy (non-hydrogen) atoms. The van der Waals surface area contributed by atoms with Gasteiger partial charge < -0.3 is 40.7 Å². The number of aromatic nitrogens is 9. The summed E-state index contributed by atoms with van der Waals surface area (Å²) in [4.78, 5) is 54.3. The lowest BCUT2D eigenvalue weighted by Crippen LogP contribution is -2.35. The standard InChI is InChI=1S/C25H27F3N4O2.C24H25ClF3N5O2.C24H26F3N5O2/c1-32(15-21-13-22(31-30-21)25(26,27)28)24(34)18-7-4-16(5-8-18)11-17-6-9-19(12-17)23(33)20-3-2-10-29-14-20;1-33(13-18-11-20(32-31-18)24(26,27)28)23(35)15-4-2-14(3-5-15)10-17-7-8-19(30-17)22(34)16-6-9-21(25)29-12-16;1-32(14-19-12-21(31-30-19)24(25,26)27)23(34)16-6-4-15(5-7-16)11-18-8-9-20(29-18)22(33)17-3-2-10-28-13-17/h2-5,7-8,10,13-14,17,19,23,33H,6,9,11-12,15H2,1H3,(H,30,31);2-6,9,11-12,17,19,22,30,34H,7-8,10,13H2,1H3,(H,31,32);2-7,10,12-13,18,20,22,29,33H,8-9,11,14H2,1H3,(H,30,31)/t17-,19-,23-;17-,19+,22+;18-,20+,22+/m000/s1. The Hall–Kier alpha value is -9.39. The SMILES string of the molecule is CN(Cc1cc(C(F)(F)F)n[nH]1)C(=O)c1ccc(C[C@@H]2CC[C@H]([C@H](O)c3ccc(Cl)nc3)N2)cc1.CN(Cc1cc(C(F)(F)F)n[nH]1)C(=O)c1ccc(C[C@@H]2CC[C@H]([C@H](O)c3cccnc3)C2)cc1.CN(Cc1cc(C(F)(F)F)n[nH]1)C(=O)c1ccc(C[C@@H]2CC[C@H]([C@H](O)c3cccnc3)N2)cc1. The van der Waals surface area contributed by atoms with Crippen LogP contribution in [0.1, 0.15) is 162 Å². The Morgan fingerprint density at radius 2 is 0.845 bits per heavy atom. The third-order valence-corrected chi connectivity index (χ3v) is 18.8. The molecule has 3 aromatic carbocycles. The molecule has 8 heterocycles. The summed E-state index contributed by atoms with van der Waals surface area (Å²) >= 11 is 5.82. The topological polar surface area (TPSA) is 270 Å². The molecule has 9 aromatic rings. The van der Waals surface area contributed by atoms with E-state index in [1.165, 1.54) is 35.8 Å². The van der Waals surface area contributed by atoms with Gasteiger partial charge in [0, 0.05) is 104 Å². The van der Waals surface area contributed by atoms with E-state index in [0.717, 1.165) is 110 Å². The van der Waals surface area contributed by atoms with Crippen molar-refractivity contribution in [2.24, 2.45) is 11.8 Å². The van der Waals surface area contributed by atoms with E-state index in [-0.39, 0.29) is 84.5 Å². The fourth-order valence-corrected chi connectivity index (χ4v) is 13.3. The van der Waals surface area contributed by atoms with Crippen molar-refractivity contribution < 1.29 is 69.2 Å². The molecule has 0 bridgehead atoms. The third kappa shape index (κ3) is 20.9. The minimum Gasteiger partial charge on any atom is -0.388 e. The molecular weight excluding hydrogens is 1380 g/mol. The summed E-state index contributed by atoms with van der Waals surface area (Å²) in [6.45, 7) is -0.0504. The molecule has 9 atom stereocenters. The van der Waals surface area contributed by atoms with Crippen LogP contribution in [0.4, 0.5) is 39.5 Å². The van der Waals surface area contributed by atoms with Gasteiger partial charge in [0.2, 0.25) is 0 Å². The zero-order valence-electron chi connectivity index (χ0n) is 56.3. The highest BCUT2D eigenvalue weighted by atomic mass is 35.5. The Morgan fingerprint density at radius 1 is 0.476 bits per heavy atom. The van der Waals surface area contributed by atoms with Gasteiger partial charge in [-0.15, -0.1) is 0 Å². The Labute approximate surface area is 592 Å². The van der Waals surface area contributed by atoms with E-state index in [9.17, 15) is 69.2 Å². The van der Waals surface area contributed by atoms with E-state index >= 15 is 0 Å². The van der Waals surface area contributed by atoms with Crippen LogP contribution in [0.2, 0.25) is 5.15 Å². The van der Waals surface area contributed by atoms with Gasteiger partial charge in [-0.25, -0.2) is 4.98 Å². The maximum absolute atomic E-state index is 12.7. The van der Waals surface area contributed by atoms with Gasteiger partial charge in [0.05, 0.1) is 55.0 Å². The number of alkyl halides is 9. The van der Waals surface area contributed by atoms with E-state index in [0.29, 0.717) is 33.3 Å². The molecule has 8 N–H and O–H groups in total. The molecule has 30 heteroatoms. The number of nitrogens with zero attached hydrogens (tertiary/aromatic N) is 9. The van der Waals surface area contributed by atoms with Crippen LogP contribution in [0.25, 0.3) is 0 Å². The maximum atomic E-state index is 12.7. The molecular formula is C73H78ClF9N14O6. The number of rotatable bonds is 21. The van der Waals surface area contributed by atoms with Crippen molar-refractivity contribution in [3.63, 3.8) is 0 Å². The van der Waals surface area contributed by atoms with Gasteiger partial charge in [-0.3, -0.25) is 39.6 Å². The van der Waals surface area contributed by atoms with E-state index in [4.69, 9.17) is 11.6 Å². The summed E-state index contributed by atoms with van der Waals surface area (Å²) in [5.74, 6) is -0.213. The smallest absolute Gasteiger partial charge is 0.388 e. The molecule has 0 radical (unpaired) electrons. The number of carbonyl (C=O) groups is 3. The molecule has 546 valence electrons. The van der Waals surface area contributed by atoms with Crippen LogP contribution in [0.15, 0.2) is 158 Å². The summed E-state index contributed by atoms with van der Waals surface area (Å²) < 4.78 is 114. The van der Waals surface area contributed by atoms with Gasteiger partial charge >= 0.3 is 18.5 Å². The quantitative estimate of drug-likeness (QED) is 0.0246. The number of amides is 3. The van der Waals surface area contributed by atoms with Crippen molar-refractivity contribution in [3.05, 3.63) is 248 Å². The number of nitrogens with one attached hydrogen (secondary N) is 5. The van der Waals surface area contributed by atoms with Crippen LogP contribution in [-0.4, -0.2) is 139 Å². The molecule has 3 fully saturated rings. The molecule has 1 saturated carbocycles. The minimum absolute atomic E-state index is 0.00755. The zero-order chi connectivity index (χ0) is 73.8. The second-order valence-electron chi connectivity index (χ2n) is 26.4. The highest BCUT2D eigenvalue weighted by Gasteiger charge is 2.38. The normalized spacial score (nSPS) is 19.1. The van der Waals surface area contributed by atoms with Crippen molar-refractivity contribution >= 4 is 29.3 Å². The Balaban J connectivity index is 0.000000166. The molecule has 2 aliphatic heterocycles. The van der Waals surface area contributed by atoms with E-state index in [1.54, 1.807) is 85.6 Å². The first-order valence-corrected chi connectivity index (χ1v) is 33.7. The first-order chi connectivity index (χ1) is 49.0. The number of H-pyrrole nitrogens is 3. The first kappa shape index (κ1) is 76.3. The first-order valence-electron chi connectivity index (χ1n) is 33.4. The summed E-state index contributed by atoms with van der Waals surface area (Å²) in [5, 5.41) is 56.0. The average molecular weight is 1450 g/mol. The zero-order valence-corrected chi connectivity index (χ0v) is 57.0. The van der Waals surface area contributed by atoms with Crippen LogP contribution in [0, 0.1) is 11.8 Å². The number of halogens is 10. The number of hydrogen-bond acceptors (Lipinski definition) is 14. The molecule has 20 nitrogen and oxygen atoms in total. The Morgan fingerprint density at radius 3 is 1.18 bits per heavy atom. The average Bonchev–Trinajstić information content (AvgIpc) is 1.78. The molecule has 3 amide bonds. The Kier molecular flexibility index (Phi) is 25.0. The molecule has 1 aliphatic carbocycles. The molecule has 6 aromatic heterocycles. The van der Waals surface area contributed by atoms with E-state index in [1.807, 2.05) is 54.6 Å². The maximum Gasteiger partial charge on any atom is 0.435 e. The summed E-state index contributed by atoms with van der Waals surface area (Å²) in [5.41, 5.74) is 4.50. The number of pyridine rings is 3. The lowest BCUT2D eigenvalue weighted by atomic mass is 9.92. The van der Waals surface area contributed by atoms with Crippen LogP contribution in [-0.2, 0) is 57.4 Å². The van der Waals surface area contributed by atoms with Crippen molar-refractivity contribution in [2.75, 3.05) is 21.1 Å². The molecule has 3 aliphatic rings. The lowest BCUT2D eigenvalue weighted by Gasteiger charge is -2.20. The number of aliphatic hydroxyl groups excluding tert-OH is 3. The number of carbonyl (C=O) groups excluding carboxylic acids is 3. The van der Waals surface area contributed by atoms with Crippen LogP contribution < -0.4 is 10.6 Å². The predicted octanol–water partition coefficient (Wildman–Crippen LogP) is 12.4. The predicted molar refractivity (Wildman–Crippen MR) is 362 cm³/mol.